The van der Waals surface area contributed by atoms with Crippen LogP contribution in [-0.4, -0.2) is 28.8 Å². The summed E-state index contributed by atoms with van der Waals surface area (Å²) in [6.07, 6.45) is 1.84. The number of thiazole rings is 1. The van der Waals surface area contributed by atoms with Gasteiger partial charge in [-0.1, -0.05) is 12.1 Å². The minimum Gasteiger partial charge on any atom is -0.444 e. The summed E-state index contributed by atoms with van der Waals surface area (Å²) in [7, 11) is 0. The first kappa shape index (κ1) is 20.1. The molecule has 1 aliphatic rings. The van der Waals surface area contributed by atoms with E-state index in [1.165, 1.54) is 11.3 Å². The molecule has 3 rings (SSSR count). The molecule has 0 radical (unpaired) electrons. The quantitative estimate of drug-likeness (QED) is 0.706. The van der Waals surface area contributed by atoms with Crippen LogP contribution in [0, 0.1) is 6.92 Å². The minimum absolute atomic E-state index is 0.0109. The Morgan fingerprint density at radius 2 is 2.04 bits per heavy atom. The molecule has 150 valence electrons. The minimum atomic E-state index is -0.518. The predicted octanol–water partition coefficient (Wildman–Crippen LogP) is 4.48. The fraction of sp³-hybridized carbons (Fsp3) is 0.450. The van der Waals surface area contributed by atoms with E-state index in [9.17, 15) is 9.59 Å². The number of nitrogens with zero attached hydrogens (tertiary/aromatic N) is 1. The Labute approximate surface area is 168 Å². The molecule has 0 aliphatic heterocycles. The van der Waals surface area contributed by atoms with Crippen molar-refractivity contribution in [2.45, 2.75) is 58.6 Å². The van der Waals surface area contributed by atoms with Gasteiger partial charge < -0.3 is 15.4 Å². The molecule has 8 heteroatoms. The third-order valence-electron chi connectivity index (χ3n) is 4.16. The van der Waals surface area contributed by atoms with Gasteiger partial charge in [-0.25, -0.2) is 14.6 Å². The topological polar surface area (TPSA) is 92.4 Å². The number of amides is 3. The zero-order valence-corrected chi connectivity index (χ0v) is 17.4. The fourth-order valence-corrected chi connectivity index (χ4v) is 4.09. The standard InChI is InChI=1S/C20H26N4O3S/c1-12-6-5-7-13(10-12)21-17(25)24-18-23-15-9-8-14(11-16(15)28-18)22-19(26)27-20(2,3)4/h5-7,10,14H,8-9,11H2,1-4H3,(H,22,26)(H2,21,23,24,25). The van der Waals surface area contributed by atoms with Gasteiger partial charge in [0.15, 0.2) is 5.13 Å². The molecule has 0 spiro atoms. The molecule has 1 aliphatic carbocycles. The number of nitrogens with one attached hydrogen (secondary N) is 3. The van der Waals surface area contributed by atoms with Crippen molar-refractivity contribution in [1.82, 2.24) is 10.3 Å². The molecular formula is C20H26N4O3S. The van der Waals surface area contributed by atoms with Crippen molar-refractivity contribution in [2.24, 2.45) is 0 Å². The molecule has 1 heterocycles. The molecule has 28 heavy (non-hydrogen) atoms. The number of benzene rings is 1. The largest absolute Gasteiger partial charge is 0.444 e. The van der Waals surface area contributed by atoms with Crippen LogP contribution >= 0.6 is 11.3 Å². The highest BCUT2D eigenvalue weighted by molar-refractivity contribution is 7.15. The van der Waals surface area contributed by atoms with E-state index in [1.54, 1.807) is 0 Å². The number of rotatable bonds is 3. The number of urea groups is 1. The normalized spacial score (nSPS) is 16.1. The van der Waals surface area contributed by atoms with E-state index in [-0.39, 0.29) is 12.1 Å². The second-order valence-corrected chi connectivity index (χ2v) is 9.01. The van der Waals surface area contributed by atoms with Crippen LogP contribution in [0.5, 0.6) is 0 Å². The average molecular weight is 403 g/mol. The van der Waals surface area contributed by atoms with Crippen LogP contribution in [0.4, 0.5) is 20.4 Å². The third-order valence-corrected chi connectivity index (χ3v) is 5.19. The van der Waals surface area contributed by atoms with E-state index in [0.29, 0.717) is 11.6 Å². The highest BCUT2D eigenvalue weighted by Crippen LogP contribution is 2.30. The summed E-state index contributed by atoms with van der Waals surface area (Å²) in [5.74, 6) is 0. The van der Waals surface area contributed by atoms with Gasteiger partial charge >= 0.3 is 12.1 Å². The summed E-state index contributed by atoms with van der Waals surface area (Å²) in [5.41, 5.74) is 2.28. The summed E-state index contributed by atoms with van der Waals surface area (Å²) in [6.45, 7) is 7.50. The van der Waals surface area contributed by atoms with Crippen LogP contribution in [0.15, 0.2) is 24.3 Å². The lowest BCUT2D eigenvalue weighted by Crippen LogP contribution is -2.41. The van der Waals surface area contributed by atoms with E-state index in [0.717, 1.165) is 34.7 Å². The molecule has 0 bridgehead atoms. The lowest BCUT2D eigenvalue weighted by molar-refractivity contribution is 0.0500. The first-order chi connectivity index (χ1) is 13.2. The fourth-order valence-electron chi connectivity index (χ4n) is 3.01. The maximum Gasteiger partial charge on any atom is 0.407 e. The predicted molar refractivity (Wildman–Crippen MR) is 111 cm³/mol. The highest BCUT2D eigenvalue weighted by Gasteiger charge is 2.26. The first-order valence-electron chi connectivity index (χ1n) is 9.31. The van der Waals surface area contributed by atoms with E-state index >= 15 is 0 Å². The Bertz CT molecular complexity index is 873. The smallest absolute Gasteiger partial charge is 0.407 e. The zero-order chi connectivity index (χ0) is 20.3. The average Bonchev–Trinajstić information content (AvgIpc) is 2.94. The summed E-state index contributed by atoms with van der Waals surface area (Å²) in [5, 5.41) is 9.10. The Balaban J connectivity index is 1.56. The maximum atomic E-state index is 12.2. The molecule has 0 fully saturated rings. The Hall–Kier alpha value is -2.61. The number of anilines is 2. The molecule has 3 N–H and O–H groups in total. The molecule has 3 amide bonds. The van der Waals surface area contributed by atoms with Gasteiger partial charge in [-0.3, -0.25) is 5.32 Å². The van der Waals surface area contributed by atoms with Gasteiger partial charge in [0.2, 0.25) is 0 Å². The molecule has 1 aromatic heterocycles. The SMILES string of the molecule is Cc1cccc(NC(=O)Nc2nc3c(s2)CC(NC(=O)OC(C)(C)C)CC3)c1. The molecule has 1 atom stereocenters. The third kappa shape index (κ3) is 5.69. The summed E-state index contributed by atoms with van der Waals surface area (Å²) >= 11 is 1.45. The number of alkyl carbamates (subject to hydrolysis) is 1. The van der Waals surface area contributed by atoms with Gasteiger partial charge in [0.05, 0.1) is 5.69 Å². The van der Waals surface area contributed by atoms with Crippen LogP contribution < -0.4 is 16.0 Å². The number of carbonyl (C=O) groups is 2. The zero-order valence-electron chi connectivity index (χ0n) is 16.6. The van der Waals surface area contributed by atoms with Crippen molar-refractivity contribution in [2.75, 3.05) is 10.6 Å². The van der Waals surface area contributed by atoms with Crippen molar-refractivity contribution in [3.8, 4) is 0 Å². The van der Waals surface area contributed by atoms with Gasteiger partial charge in [0.1, 0.15) is 5.60 Å². The van der Waals surface area contributed by atoms with Gasteiger partial charge in [-0.15, -0.1) is 11.3 Å². The van der Waals surface area contributed by atoms with Crippen molar-refractivity contribution >= 4 is 34.3 Å². The number of carbonyl (C=O) groups excluding carboxylic acids is 2. The lowest BCUT2D eigenvalue weighted by atomic mass is 9.98. The number of fused-ring (bicyclic) bond motifs is 1. The maximum absolute atomic E-state index is 12.2. The van der Waals surface area contributed by atoms with Crippen LogP contribution in [0.1, 0.15) is 43.3 Å². The van der Waals surface area contributed by atoms with Gasteiger partial charge in [0, 0.05) is 23.0 Å². The van der Waals surface area contributed by atoms with Crippen molar-refractivity contribution in [1.29, 1.82) is 0 Å². The van der Waals surface area contributed by atoms with Gasteiger partial charge in [-0.2, -0.15) is 0 Å². The molecule has 2 aromatic rings. The molecule has 0 saturated carbocycles. The van der Waals surface area contributed by atoms with E-state index in [2.05, 4.69) is 20.9 Å². The van der Waals surface area contributed by atoms with Gasteiger partial charge in [0.25, 0.3) is 0 Å². The molecular weight excluding hydrogens is 376 g/mol. The van der Waals surface area contributed by atoms with Crippen molar-refractivity contribution in [3.63, 3.8) is 0 Å². The number of aromatic nitrogens is 1. The van der Waals surface area contributed by atoms with Crippen LogP contribution in [0.2, 0.25) is 0 Å². The number of hydrogen-bond acceptors (Lipinski definition) is 5. The summed E-state index contributed by atoms with van der Waals surface area (Å²) in [4.78, 5) is 29.8. The number of hydrogen-bond donors (Lipinski definition) is 3. The first-order valence-corrected chi connectivity index (χ1v) is 10.1. The van der Waals surface area contributed by atoms with E-state index in [1.807, 2.05) is 52.0 Å². The summed E-state index contributed by atoms with van der Waals surface area (Å²) in [6, 6.07) is 7.30. The molecule has 0 saturated heterocycles. The van der Waals surface area contributed by atoms with Gasteiger partial charge in [-0.05, 0) is 58.2 Å². The highest BCUT2D eigenvalue weighted by atomic mass is 32.1. The monoisotopic (exact) mass is 402 g/mol. The number of aryl methyl sites for hydroxylation is 2. The van der Waals surface area contributed by atoms with Crippen molar-refractivity contribution < 1.29 is 14.3 Å². The number of ether oxygens (including phenoxy) is 1. The second-order valence-electron chi connectivity index (χ2n) is 7.92. The van der Waals surface area contributed by atoms with E-state index in [4.69, 9.17) is 4.74 Å². The Morgan fingerprint density at radius 1 is 1.25 bits per heavy atom. The molecule has 7 nitrogen and oxygen atoms in total. The van der Waals surface area contributed by atoms with Crippen LogP contribution in [0.25, 0.3) is 0 Å². The lowest BCUT2D eigenvalue weighted by Gasteiger charge is -2.25. The second kappa shape index (κ2) is 8.18. The molecule has 1 unspecified atom stereocenters. The Kier molecular flexibility index (Phi) is 5.88. The Morgan fingerprint density at radius 3 is 2.75 bits per heavy atom. The molecule has 1 aromatic carbocycles. The van der Waals surface area contributed by atoms with Crippen LogP contribution in [-0.2, 0) is 17.6 Å². The van der Waals surface area contributed by atoms with Crippen LogP contribution in [0.3, 0.4) is 0 Å². The van der Waals surface area contributed by atoms with Crippen molar-refractivity contribution in [3.05, 3.63) is 40.4 Å². The van der Waals surface area contributed by atoms with E-state index < -0.39 is 11.7 Å². The summed E-state index contributed by atoms with van der Waals surface area (Å²) < 4.78 is 5.32.